The Hall–Kier alpha value is -1.33. The smallest absolute Gasteiger partial charge is 0.236 e. The van der Waals surface area contributed by atoms with Gasteiger partial charge in [-0.2, -0.15) is 0 Å². The van der Waals surface area contributed by atoms with Gasteiger partial charge in [0.1, 0.15) is 0 Å². The van der Waals surface area contributed by atoms with Gasteiger partial charge in [0.15, 0.2) is 4.34 Å². The Morgan fingerprint density at radius 2 is 2.14 bits per heavy atom. The van der Waals surface area contributed by atoms with E-state index in [1.807, 2.05) is 30.2 Å². The summed E-state index contributed by atoms with van der Waals surface area (Å²) in [5, 5.41) is 1.94. The number of benzene rings is 1. The van der Waals surface area contributed by atoms with Crippen molar-refractivity contribution >= 4 is 29.0 Å². The van der Waals surface area contributed by atoms with Crippen LogP contribution in [-0.4, -0.2) is 27.6 Å². The molecule has 3 nitrogen and oxygen atoms in total. The molecule has 0 fully saturated rings. The third-order valence-electron chi connectivity index (χ3n) is 3.67. The molecule has 1 aliphatic rings. The van der Waals surface area contributed by atoms with E-state index in [2.05, 4.69) is 23.2 Å². The Labute approximate surface area is 133 Å². The Morgan fingerprint density at radius 3 is 2.86 bits per heavy atom. The molecular formula is C16H18N2OS2. The lowest BCUT2D eigenvalue weighted by Crippen LogP contribution is -2.40. The number of carbonyl (C=O) groups excluding carboxylic acids is 1. The Balaban J connectivity index is 1.66. The number of nitrogens with zero attached hydrogens (tertiary/aromatic N) is 2. The van der Waals surface area contributed by atoms with E-state index in [0.717, 1.165) is 29.5 Å². The highest BCUT2D eigenvalue weighted by Crippen LogP contribution is 2.29. The lowest BCUT2D eigenvalue weighted by atomic mass is 10.00. The summed E-state index contributed by atoms with van der Waals surface area (Å²) in [4.78, 5) is 19.0. The summed E-state index contributed by atoms with van der Waals surface area (Å²) in [5.74, 6) is 0.211. The van der Waals surface area contributed by atoms with E-state index < -0.39 is 0 Å². The molecule has 110 valence electrons. The standard InChI is InChI=1S/C16H18N2OS2/c1-11-10-20-16(17-11)21-12(2)15(19)18-8-7-13-5-3-4-6-14(13)9-18/h3-6,10,12H,7-9H2,1-2H3/t12-/m0/s1. The van der Waals surface area contributed by atoms with Crippen molar-refractivity contribution in [2.45, 2.75) is 36.4 Å². The summed E-state index contributed by atoms with van der Waals surface area (Å²) < 4.78 is 0.978. The molecule has 3 rings (SSSR count). The largest absolute Gasteiger partial charge is 0.337 e. The fraction of sp³-hybridized carbons (Fsp3) is 0.375. The SMILES string of the molecule is Cc1csc(S[C@@H](C)C(=O)N2CCc3ccccc3C2)n1. The number of carbonyl (C=O) groups is 1. The molecular weight excluding hydrogens is 300 g/mol. The van der Waals surface area contributed by atoms with Crippen LogP contribution in [0.25, 0.3) is 0 Å². The van der Waals surface area contributed by atoms with Crippen LogP contribution >= 0.6 is 23.1 Å². The summed E-state index contributed by atoms with van der Waals surface area (Å²) in [5.41, 5.74) is 3.67. The molecule has 1 aromatic heterocycles. The third-order valence-corrected chi connectivity index (χ3v) is 5.84. The van der Waals surface area contributed by atoms with Gasteiger partial charge in [-0.1, -0.05) is 36.0 Å². The number of amides is 1. The van der Waals surface area contributed by atoms with E-state index in [9.17, 15) is 4.79 Å². The van der Waals surface area contributed by atoms with Crippen molar-refractivity contribution in [2.24, 2.45) is 0 Å². The van der Waals surface area contributed by atoms with E-state index in [1.54, 1.807) is 23.1 Å². The zero-order chi connectivity index (χ0) is 14.8. The van der Waals surface area contributed by atoms with Gasteiger partial charge in [0.2, 0.25) is 5.91 Å². The molecule has 21 heavy (non-hydrogen) atoms. The number of rotatable bonds is 3. The number of hydrogen-bond acceptors (Lipinski definition) is 4. The Morgan fingerprint density at radius 1 is 1.38 bits per heavy atom. The first-order valence-electron chi connectivity index (χ1n) is 7.08. The fourth-order valence-corrected chi connectivity index (χ4v) is 4.60. The van der Waals surface area contributed by atoms with E-state index in [1.165, 1.54) is 11.1 Å². The van der Waals surface area contributed by atoms with E-state index in [4.69, 9.17) is 0 Å². The minimum atomic E-state index is -0.0826. The molecule has 0 unspecified atom stereocenters. The summed E-state index contributed by atoms with van der Waals surface area (Å²) in [6.45, 7) is 5.51. The molecule has 1 aromatic carbocycles. The van der Waals surface area contributed by atoms with Gasteiger partial charge < -0.3 is 4.90 Å². The number of hydrogen-bond donors (Lipinski definition) is 0. The molecule has 0 saturated carbocycles. The molecule has 0 aliphatic carbocycles. The van der Waals surface area contributed by atoms with Crippen molar-refractivity contribution in [3.8, 4) is 0 Å². The maximum Gasteiger partial charge on any atom is 0.236 e. The second-order valence-corrected chi connectivity index (χ2v) is 7.74. The molecule has 0 N–H and O–H groups in total. The van der Waals surface area contributed by atoms with E-state index in [-0.39, 0.29) is 11.2 Å². The van der Waals surface area contributed by atoms with Gasteiger partial charge in [0, 0.05) is 24.2 Å². The minimum absolute atomic E-state index is 0.0826. The van der Waals surface area contributed by atoms with Crippen molar-refractivity contribution in [1.82, 2.24) is 9.88 Å². The summed E-state index contributed by atoms with van der Waals surface area (Å²) in [6, 6.07) is 8.40. The Kier molecular flexibility index (Phi) is 4.31. The van der Waals surface area contributed by atoms with Crippen molar-refractivity contribution in [3.63, 3.8) is 0 Å². The predicted molar refractivity (Wildman–Crippen MR) is 87.7 cm³/mol. The fourth-order valence-electron chi connectivity index (χ4n) is 2.53. The van der Waals surface area contributed by atoms with Gasteiger partial charge in [-0.15, -0.1) is 11.3 Å². The monoisotopic (exact) mass is 318 g/mol. The third kappa shape index (κ3) is 3.30. The molecule has 1 atom stereocenters. The van der Waals surface area contributed by atoms with Gasteiger partial charge in [0.05, 0.1) is 5.25 Å². The van der Waals surface area contributed by atoms with Crippen LogP contribution in [-0.2, 0) is 17.8 Å². The zero-order valence-corrected chi connectivity index (χ0v) is 13.8. The second-order valence-electron chi connectivity index (χ2n) is 5.29. The topological polar surface area (TPSA) is 33.2 Å². The molecule has 0 radical (unpaired) electrons. The van der Waals surface area contributed by atoms with Crippen molar-refractivity contribution < 1.29 is 4.79 Å². The van der Waals surface area contributed by atoms with Crippen molar-refractivity contribution in [3.05, 3.63) is 46.5 Å². The molecule has 2 aromatic rings. The van der Waals surface area contributed by atoms with Crippen molar-refractivity contribution in [1.29, 1.82) is 0 Å². The van der Waals surface area contributed by atoms with Gasteiger partial charge in [-0.3, -0.25) is 4.79 Å². The molecule has 0 saturated heterocycles. The number of aromatic nitrogens is 1. The quantitative estimate of drug-likeness (QED) is 0.812. The molecule has 1 amide bonds. The minimum Gasteiger partial charge on any atom is -0.337 e. The van der Waals surface area contributed by atoms with Crippen LogP contribution in [0.1, 0.15) is 23.7 Å². The van der Waals surface area contributed by atoms with Crippen LogP contribution in [0.2, 0.25) is 0 Å². The van der Waals surface area contributed by atoms with Crippen LogP contribution in [0.15, 0.2) is 34.0 Å². The zero-order valence-electron chi connectivity index (χ0n) is 12.2. The lowest BCUT2D eigenvalue weighted by molar-refractivity contribution is -0.131. The molecule has 5 heteroatoms. The van der Waals surface area contributed by atoms with Gasteiger partial charge in [-0.05, 0) is 31.4 Å². The van der Waals surface area contributed by atoms with E-state index >= 15 is 0 Å². The second kappa shape index (κ2) is 6.20. The summed E-state index contributed by atoms with van der Waals surface area (Å²) in [6.07, 6.45) is 0.954. The van der Waals surface area contributed by atoms with Gasteiger partial charge in [0.25, 0.3) is 0 Å². The van der Waals surface area contributed by atoms with Crippen LogP contribution in [0, 0.1) is 6.92 Å². The lowest BCUT2D eigenvalue weighted by Gasteiger charge is -2.30. The van der Waals surface area contributed by atoms with Crippen LogP contribution < -0.4 is 0 Å². The van der Waals surface area contributed by atoms with Crippen LogP contribution in [0.4, 0.5) is 0 Å². The van der Waals surface area contributed by atoms with Crippen molar-refractivity contribution in [2.75, 3.05) is 6.54 Å². The first kappa shape index (κ1) is 14.6. The molecule has 0 spiro atoms. The average molecular weight is 318 g/mol. The number of fused-ring (bicyclic) bond motifs is 1. The maximum absolute atomic E-state index is 12.6. The van der Waals surface area contributed by atoms with E-state index in [0.29, 0.717) is 0 Å². The summed E-state index contributed by atoms with van der Waals surface area (Å²) >= 11 is 3.18. The van der Waals surface area contributed by atoms with Gasteiger partial charge in [-0.25, -0.2) is 4.98 Å². The Bertz CT molecular complexity index is 653. The first-order chi connectivity index (χ1) is 10.1. The molecule has 0 bridgehead atoms. The highest BCUT2D eigenvalue weighted by molar-refractivity contribution is 8.02. The molecule has 2 heterocycles. The normalized spacial score (nSPS) is 15.6. The van der Waals surface area contributed by atoms with Crippen LogP contribution in [0.3, 0.4) is 0 Å². The maximum atomic E-state index is 12.6. The number of thiazole rings is 1. The summed E-state index contributed by atoms with van der Waals surface area (Å²) in [7, 11) is 0. The van der Waals surface area contributed by atoms with Gasteiger partial charge >= 0.3 is 0 Å². The highest BCUT2D eigenvalue weighted by Gasteiger charge is 2.25. The molecule has 1 aliphatic heterocycles. The number of aryl methyl sites for hydroxylation is 1. The number of thioether (sulfide) groups is 1. The first-order valence-corrected chi connectivity index (χ1v) is 8.84. The highest BCUT2D eigenvalue weighted by atomic mass is 32.2. The average Bonchev–Trinajstić information content (AvgIpc) is 2.91. The van der Waals surface area contributed by atoms with Crippen LogP contribution in [0.5, 0.6) is 0 Å². The predicted octanol–water partition coefficient (Wildman–Crippen LogP) is 3.52.